The normalized spacial score (nSPS) is 24.8. The summed E-state index contributed by atoms with van der Waals surface area (Å²) >= 11 is 0. The highest BCUT2D eigenvalue weighted by Crippen LogP contribution is 2.26. The first-order valence-corrected chi connectivity index (χ1v) is 27.5. The number of hydrogen-bond acceptors (Lipinski definition) is 17. The van der Waals surface area contributed by atoms with Crippen LogP contribution in [0.15, 0.2) is 30.3 Å². The van der Waals surface area contributed by atoms with Gasteiger partial charge in [-0.15, -0.1) is 0 Å². The highest BCUT2D eigenvalue weighted by atomic mass is 16.3. The molecular weight excluding hydrogens is 1030 g/mol. The summed E-state index contributed by atoms with van der Waals surface area (Å²) in [6, 6.07) is -5.50. The second-order valence-electron chi connectivity index (χ2n) is 20.9. The Hall–Kier alpha value is -6.36. The van der Waals surface area contributed by atoms with Gasteiger partial charge in [0.05, 0.1) is 18.2 Å². The van der Waals surface area contributed by atoms with Crippen LogP contribution in [0.2, 0.25) is 0 Å². The van der Waals surface area contributed by atoms with Crippen molar-refractivity contribution < 1.29 is 58.2 Å². The molecule has 79 heavy (non-hydrogen) atoms. The molecule has 0 spiro atoms. The minimum Gasteiger partial charge on any atom is -0.391 e. The Kier molecular flexibility index (Phi) is 29.3. The highest BCUT2D eigenvalue weighted by Gasteiger charge is 2.38. The molecule has 0 bridgehead atoms. The van der Waals surface area contributed by atoms with Crippen molar-refractivity contribution in [3.8, 4) is 0 Å². The first kappa shape index (κ1) is 66.9. The number of aliphatic hydroxyl groups excluding tert-OH is 2. The third-order valence-corrected chi connectivity index (χ3v) is 13.8. The molecule has 27 nitrogen and oxygen atoms in total. The van der Waals surface area contributed by atoms with Crippen molar-refractivity contribution in [2.45, 2.75) is 184 Å². The van der Waals surface area contributed by atoms with Gasteiger partial charge in [0, 0.05) is 13.0 Å². The lowest BCUT2D eigenvalue weighted by Crippen LogP contribution is -2.62. The lowest BCUT2D eigenvalue weighted by molar-refractivity contribution is -0.136. The monoisotopic (exact) mass is 1120 g/mol. The van der Waals surface area contributed by atoms with E-state index in [9.17, 15) is 58.2 Å². The van der Waals surface area contributed by atoms with Crippen molar-refractivity contribution in [2.75, 3.05) is 32.7 Å². The maximum atomic E-state index is 14.5. The van der Waals surface area contributed by atoms with Gasteiger partial charge in [-0.1, -0.05) is 63.4 Å². The minimum absolute atomic E-state index is 0.00971. The van der Waals surface area contributed by atoms with Crippen molar-refractivity contribution in [1.29, 1.82) is 0 Å². The average molecular weight is 1120 g/mol. The molecule has 1 saturated carbocycles. The fourth-order valence-corrected chi connectivity index (χ4v) is 9.29. The fourth-order valence-electron chi connectivity index (χ4n) is 9.29. The molecule has 1 aromatic rings. The molecule has 0 aromatic heterocycles. The minimum atomic E-state index is -1.66. The number of amides is 10. The third-order valence-electron chi connectivity index (χ3n) is 13.8. The molecule has 1 saturated heterocycles. The van der Waals surface area contributed by atoms with Crippen LogP contribution in [0.5, 0.6) is 0 Å². The summed E-state index contributed by atoms with van der Waals surface area (Å²) in [5.74, 6) is -9.13. The van der Waals surface area contributed by atoms with E-state index in [1.165, 1.54) is 13.8 Å². The lowest BCUT2D eigenvalue weighted by atomic mass is 9.84. The zero-order valence-electron chi connectivity index (χ0n) is 46.1. The lowest BCUT2D eigenvalue weighted by Gasteiger charge is -2.30. The molecular formula is C52H89N15O12. The van der Waals surface area contributed by atoms with Crippen LogP contribution in [-0.2, 0) is 54.4 Å². The van der Waals surface area contributed by atoms with E-state index in [0.29, 0.717) is 18.4 Å². The van der Waals surface area contributed by atoms with Crippen molar-refractivity contribution >= 4 is 59.1 Å². The number of aliphatic hydroxyl groups is 2. The van der Waals surface area contributed by atoms with Gasteiger partial charge in [0.25, 0.3) is 0 Å². The first-order valence-electron chi connectivity index (χ1n) is 27.5. The summed E-state index contributed by atoms with van der Waals surface area (Å²) < 4.78 is 0. The van der Waals surface area contributed by atoms with E-state index in [1.54, 1.807) is 44.2 Å². The number of hydrogen-bond donors (Lipinski definition) is 17. The number of benzene rings is 1. The molecule has 3 rings (SSSR count). The highest BCUT2D eigenvalue weighted by molar-refractivity contribution is 5.99. The maximum absolute atomic E-state index is 14.5. The van der Waals surface area contributed by atoms with Crippen molar-refractivity contribution in [3.63, 3.8) is 0 Å². The summed E-state index contributed by atoms with van der Waals surface area (Å²) in [5.41, 5.74) is 30.4. The number of nitrogens with two attached hydrogens (primary N) is 5. The molecule has 1 aliphatic heterocycles. The first-order chi connectivity index (χ1) is 37.5. The predicted octanol–water partition coefficient (Wildman–Crippen LogP) is -5.39. The van der Waals surface area contributed by atoms with Gasteiger partial charge in [-0.3, -0.25) is 47.9 Å². The predicted molar refractivity (Wildman–Crippen MR) is 292 cm³/mol. The SMILES string of the molecule is CC(C)C[C@@H]1NC(=O)[C@@H](Cc2ccccc2)NC(=O)[C@H](CCN)NC(=O)[C@@H](NC(=O)[C@H](CCN)NC(=O)[C@@H](NC(=O)[C@@H](N)C2CCCCC2)C(C)O)CCNC(=O)[C@H](C(C)O)NC(=O)[C@H](CCN)NC(=O)[C@H](CCCN)NC1=O. The molecule has 12 atom stereocenters. The number of nitrogens with one attached hydrogen (secondary N) is 10. The molecule has 444 valence electrons. The van der Waals surface area contributed by atoms with Gasteiger partial charge in [0.1, 0.15) is 54.4 Å². The third kappa shape index (κ3) is 22.4. The Morgan fingerprint density at radius 1 is 0.595 bits per heavy atom. The van der Waals surface area contributed by atoms with Gasteiger partial charge in [0.2, 0.25) is 59.1 Å². The van der Waals surface area contributed by atoms with E-state index in [4.69, 9.17) is 28.7 Å². The van der Waals surface area contributed by atoms with Crippen LogP contribution in [0, 0.1) is 11.8 Å². The molecule has 1 heterocycles. The molecule has 2 aliphatic rings. The van der Waals surface area contributed by atoms with Gasteiger partial charge >= 0.3 is 0 Å². The molecule has 1 aliphatic carbocycles. The standard InChI is InChI=1S/C52H89N15O12/c1-28(2)26-38-48(75)59-33(16-11-21-53)43(70)61-36(19-24-56)47(74)66-41(29(3)68)51(78)58-25-20-37(46(73)60-34(17-22-54)45(72)65-39(49(76)64-38)27-31-12-7-5-8-13-31)62-44(71)35(18-23-55)63-52(79)42(30(4)69)67-50(77)40(57)32-14-9-6-10-15-32/h5,7-8,12-13,28-30,32-42,68-69H,6,9-11,14-27,53-57H2,1-4H3,(H,58,78)(H,59,75)(H,60,73)(H,61,70)(H,62,71)(H,63,79)(H,64,76)(H,65,72)(H,66,74)(H,67,77)/t29?,30?,33-,34-,35-,36-,37-,38-,39+,40-,41-,42-/m0/s1. The Labute approximate surface area is 462 Å². The second-order valence-corrected chi connectivity index (χ2v) is 20.9. The summed E-state index contributed by atoms with van der Waals surface area (Å²) in [6.07, 6.45) is 0.426. The van der Waals surface area contributed by atoms with E-state index in [-0.39, 0.29) is 83.0 Å². The van der Waals surface area contributed by atoms with E-state index >= 15 is 0 Å². The molecule has 10 amide bonds. The summed E-state index contributed by atoms with van der Waals surface area (Å²) in [5, 5.41) is 47.2. The largest absolute Gasteiger partial charge is 0.391 e. The van der Waals surface area contributed by atoms with Crippen LogP contribution in [0.25, 0.3) is 0 Å². The van der Waals surface area contributed by atoms with Crippen LogP contribution < -0.4 is 81.8 Å². The topological polar surface area (TPSA) is 462 Å². The van der Waals surface area contributed by atoms with Crippen LogP contribution in [0.4, 0.5) is 0 Å². The quantitative estimate of drug-likeness (QED) is 0.0515. The molecule has 27 heteroatoms. The van der Waals surface area contributed by atoms with Crippen molar-refractivity contribution in [2.24, 2.45) is 40.5 Å². The van der Waals surface area contributed by atoms with E-state index in [0.717, 1.165) is 19.3 Å². The van der Waals surface area contributed by atoms with Gasteiger partial charge in [-0.25, -0.2) is 0 Å². The van der Waals surface area contributed by atoms with Gasteiger partial charge in [0.15, 0.2) is 0 Å². The summed E-state index contributed by atoms with van der Waals surface area (Å²) in [7, 11) is 0. The fraction of sp³-hybridized carbons (Fsp3) is 0.692. The summed E-state index contributed by atoms with van der Waals surface area (Å²) in [6.45, 7) is 5.29. The Morgan fingerprint density at radius 3 is 1.67 bits per heavy atom. The van der Waals surface area contributed by atoms with Crippen LogP contribution in [0.3, 0.4) is 0 Å². The van der Waals surface area contributed by atoms with Crippen LogP contribution >= 0.6 is 0 Å². The number of carbonyl (C=O) groups excluding carboxylic acids is 10. The molecule has 0 radical (unpaired) electrons. The molecule has 2 fully saturated rings. The number of carbonyl (C=O) groups is 10. The van der Waals surface area contributed by atoms with Crippen molar-refractivity contribution in [1.82, 2.24) is 53.2 Å². The molecule has 22 N–H and O–H groups in total. The van der Waals surface area contributed by atoms with E-state index < -0.39 is 145 Å². The molecule has 2 unspecified atom stereocenters. The number of rotatable bonds is 22. The second kappa shape index (κ2) is 34.6. The zero-order valence-corrected chi connectivity index (χ0v) is 46.1. The molecule has 1 aromatic carbocycles. The van der Waals surface area contributed by atoms with Gasteiger partial charge < -0.3 is 92.0 Å². The van der Waals surface area contributed by atoms with E-state index in [1.807, 2.05) is 0 Å². The maximum Gasteiger partial charge on any atom is 0.245 e. The smallest absolute Gasteiger partial charge is 0.245 e. The average Bonchev–Trinajstić information content (AvgIpc) is 3.41. The Bertz CT molecular complexity index is 2170. The van der Waals surface area contributed by atoms with E-state index in [2.05, 4.69) is 53.2 Å². The Balaban J connectivity index is 2.10. The van der Waals surface area contributed by atoms with Crippen LogP contribution in [-0.4, -0.2) is 175 Å². The Morgan fingerprint density at radius 2 is 1.13 bits per heavy atom. The van der Waals surface area contributed by atoms with Crippen LogP contribution in [0.1, 0.15) is 110 Å². The summed E-state index contributed by atoms with van der Waals surface area (Å²) in [4.78, 5) is 140. The van der Waals surface area contributed by atoms with Crippen molar-refractivity contribution in [3.05, 3.63) is 35.9 Å². The van der Waals surface area contributed by atoms with Gasteiger partial charge in [-0.05, 0) is 115 Å². The zero-order chi connectivity index (χ0) is 58.8. The van der Waals surface area contributed by atoms with Gasteiger partial charge in [-0.2, -0.15) is 0 Å².